The Balaban J connectivity index is -0.0000000720. The summed E-state index contributed by atoms with van der Waals surface area (Å²) in [5.41, 5.74) is 0. The first-order chi connectivity index (χ1) is 3.46. The fourth-order valence-corrected chi connectivity index (χ4v) is 0. The van der Waals surface area contributed by atoms with Gasteiger partial charge in [0, 0.05) is 0 Å². The molecule has 6 nitrogen and oxygen atoms in total. The monoisotopic (exact) mass is 330 g/mol. The van der Waals surface area contributed by atoms with Crippen molar-refractivity contribution < 1.29 is 24.4 Å². The van der Waals surface area contributed by atoms with Gasteiger partial charge in [-0.15, -0.1) is 0 Å². The molecule has 0 aromatic heterocycles. The summed E-state index contributed by atoms with van der Waals surface area (Å²) in [5.74, 6) is 0. The van der Waals surface area contributed by atoms with Gasteiger partial charge in [0.15, 0.2) is 0 Å². The third kappa shape index (κ3) is 426. The van der Waals surface area contributed by atoms with E-state index in [-0.39, 0.29) is 17.6 Å². The van der Waals surface area contributed by atoms with Crippen molar-refractivity contribution in [3.8, 4) is 0 Å². The van der Waals surface area contributed by atoms with Gasteiger partial charge in [-0.25, -0.2) is 0 Å². The first kappa shape index (κ1) is 16.5. The first-order valence-electron chi connectivity index (χ1n) is 1.00. The van der Waals surface area contributed by atoms with E-state index in [9.17, 15) is 0 Å². The van der Waals surface area contributed by atoms with E-state index in [0.29, 0.717) is 0 Å². The van der Waals surface area contributed by atoms with Crippen LogP contribution in [0, 0.1) is 0 Å². The molecule has 0 atom stereocenters. The zero-order chi connectivity index (χ0) is 7.15. The first-order valence-corrected chi connectivity index (χ1v) is 5.20. The summed E-state index contributed by atoms with van der Waals surface area (Å²) < 4.78 is 51.2. The van der Waals surface area contributed by atoms with Crippen molar-refractivity contribution in [2.45, 2.75) is 0 Å². The predicted octanol–water partition coefficient (Wildman–Crippen LogP) is -6.14. The Labute approximate surface area is 71.0 Å². The Morgan fingerprint density at radius 1 is 0.778 bits per heavy atom. The van der Waals surface area contributed by atoms with Crippen molar-refractivity contribution >= 4 is 46.6 Å². The van der Waals surface area contributed by atoms with E-state index in [1.165, 1.54) is 0 Å². The van der Waals surface area contributed by atoms with Gasteiger partial charge < -0.3 is 0 Å². The molecule has 0 radical (unpaired) electrons. The van der Waals surface area contributed by atoms with Gasteiger partial charge in [-0.2, -0.15) is 0 Å². The molecule has 0 amide bonds. The third-order valence-corrected chi connectivity index (χ3v) is 0. The van der Waals surface area contributed by atoms with E-state index in [1.807, 2.05) is 0 Å². The van der Waals surface area contributed by atoms with Gasteiger partial charge in [0.05, 0.1) is 0 Å². The maximum Gasteiger partial charge on any atom is 4.00 e. The number of hydrogen-bond donors (Lipinski definition) is 0. The molecule has 9 heteroatoms. The Morgan fingerprint density at radius 3 is 0.778 bits per heavy atom. The van der Waals surface area contributed by atoms with E-state index >= 15 is 0 Å². The molecule has 0 aromatic carbocycles. The summed E-state index contributed by atoms with van der Waals surface area (Å²) in [6.45, 7) is 0. The van der Waals surface area contributed by atoms with E-state index < -0.39 is 29.0 Å². The number of hydrogen-bond acceptors (Lipinski definition) is 6. The molecule has 0 aliphatic heterocycles. The van der Waals surface area contributed by atoms with E-state index in [2.05, 4.69) is 0 Å². The second kappa shape index (κ2) is 11.8. The molecule has 0 saturated heterocycles. The van der Waals surface area contributed by atoms with Gasteiger partial charge in [-0.05, 0) is 0 Å². The van der Waals surface area contributed by atoms with Crippen molar-refractivity contribution in [3.63, 3.8) is 0 Å². The van der Waals surface area contributed by atoms with Crippen LogP contribution < -0.4 is 16.8 Å². The Morgan fingerprint density at radius 2 is 0.778 bits per heavy atom. The van der Waals surface area contributed by atoms with Gasteiger partial charge in [-0.1, -0.05) is 0 Å². The summed E-state index contributed by atoms with van der Waals surface area (Å²) in [7, 11) is 0. The van der Waals surface area contributed by atoms with E-state index in [0.717, 1.165) is 0 Å². The topological polar surface area (TPSA) is 126 Å². The summed E-state index contributed by atoms with van der Waals surface area (Å²) in [6.07, 6.45) is 0. The van der Waals surface area contributed by atoms with Crippen LogP contribution in [0.5, 0.6) is 0 Å². The zero-order valence-corrected chi connectivity index (χ0v) is 9.29. The summed E-state index contributed by atoms with van der Waals surface area (Å²) in [6, 6.07) is 0. The molecule has 0 unspecified atom stereocenters. The summed E-state index contributed by atoms with van der Waals surface area (Å²) in [4.78, 5) is 0. The maximum atomic E-state index is 8.54. The third-order valence-electron chi connectivity index (χ3n) is 0. The van der Waals surface area contributed by atoms with Crippen molar-refractivity contribution in [2.24, 2.45) is 0 Å². The minimum absolute atomic E-state index is 0. The smallest absolute Gasteiger partial charge is 4.00 e. The Kier molecular flexibility index (Phi) is 21.6. The minimum atomic E-state index is -3.79. The molecule has 0 aliphatic rings. The second-order valence-corrected chi connectivity index (χ2v) is 2.12. The van der Waals surface area contributed by atoms with Crippen LogP contribution in [-0.4, -0.2) is 46.6 Å². The van der Waals surface area contributed by atoms with Crippen molar-refractivity contribution in [3.05, 3.63) is 0 Å². The molecule has 0 fully saturated rings. The standard InChI is InChI=1S/Ge.2H2O3Se/c;2*1-4(2)3/h;2*(H2,1,2,3)/q+4;;/p-4. The van der Waals surface area contributed by atoms with Gasteiger partial charge in [0.1, 0.15) is 0 Å². The largest absolute Gasteiger partial charge is 4.00 e. The van der Waals surface area contributed by atoms with E-state index in [4.69, 9.17) is 24.4 Å². The molecule has 0 spiro atoms. The van der Waals surface area contributed by atoms with Gasteiger partial charge >= 0.3 is 71.0 Å². The molecule has 0 saturated carbocycles. The Bertz CT molecular complexity index is 69.1. The van der Waals surface area contributed by atoms with Crippen molar-refractivity contribution in [1.29, 1.82) is 0 Å². The fraction of sp³-hybridized carbons (Fsp3) is 0. The summed E-state index contributed by atoms with van der Waals surface area (Å²) in [5, 5.41) is 0. The van der Waals surface area contributed by atoms with E-state index in [1.54, 1.807) is 0 Å². The fourth-order valence-electron chi connectivity index (χ4n) is 0. The molecular formula is GeO6Se2. The molecule has 0 aromatic rings. The molecule has 52 valence electrons. The zero-order valence-electron chi connectivity index (χ0n) is 3.77. The van der Waals surface area contributed by atoms with Crippen LogP contribution in [0.4, 0.5) is 0 Å². The molecule has 9 heavy (non-hydrogen) atoms. The van der Waals surface area contributed by atoms with Crippen LogP contribution in [0.2, 0.25) is 0 Å². The second-order valence-electron chi connectivity index (χ2n) is 0.408. The van der Waals surface area contributed by atoms with Crippen molar-refractivity contribution in [1.82, 2.24) is 0 Å². The molecule has 0 aliphatic carbocycles. The van der Waals surface area contributed by atoms with Crippen LogP contribution in [0.1, 0.15) is 0 Å². The van der Waals surface area contributed by atoms with Crippen LogP contribution in [-0.2, 0) is 7.67 Å². The Hall–Kier alpha value is 1.02. The average Bonchev–Trinajstić information content (AvgIpc) is 1.25. The molecular weight excluding hydrogens is 327 g/mol. The predicted molar refractivity (Wildman–Crippen MR) is 18.6 cm³/mol. The van der Waals surface area contributed by atoms with Gasteiger partial charge in [-0.3, -0.25) is 0 Å². The van der Waals surface area contributed by atoms with Crippen molar-refractivity contribution in [2.75, 3.05) is 0 Å². The molecule has 0 N–H and O–H groups in total. The summed E-state index contributed by atoms with van der Waals surface area (Å²) >= 11 is -7.58. The van der Waals surface area contributed by atoms with Crippen LogP contribution in [0.3, 0.4) is 0 Å². The molecule has 0 rings (SSSR count). The maximum absolute atomic E-state index is 8.54. The quantitative estimate of drug-likeness (QED) is 0.408. The minimum Gasteiger partial charge on any atom is 4.00 e. The normalized spacial score (nSPS) is 7.78. The average molecular weight is 327 g/mol. The van der Waals surface area contributed by atoms with Gasteiger partial charge in [0.2, 0.25) is 0 Å². The van der Waals surface area contributed by atoms with Gasteiger partial charge in [0.25, 0.3) is 0 Å². The van der Waals surface area contributed by atoms with Crippen LogP contribution in [0.15, 0.2) is 0 Å². The van der Waals surface area contributed by atoms with Crippen LogP contribution >= 0.6 is 0 Å². The molecule has 0 bridgehead atoms. The van der Waals surface area contributed by atoms with Crippen LogP contribution in [0.25, 0.3) is 0 Å². The SMILES string of the molecule is O=[Se]([O-])[O-].O=[Se]([O-])[O-].[Ge+4]. The number of rotatable bonds is 0. The molecule has 0 heterocycles.